The van der Waals surface area contributed by atoms with Crippen molar-refractivity contribution in [3.05, 3.63) is 21.3 Å². The van der Waals surface area contributed by atoms with Gasteiger partial charge < -0.3 is 10.2 Å². The fourth-order valence-corrected chi connectivity index (χ4v) is 3.26. The molecule has 1 fully saturated rings. The highest BCUT2D eigenvalue weighted by Crippen LogP contribution is 2.23. The van der Waals surface area contributed by atoms with Crippen molar-refractivity contribution in [3.63, 3.8) is 0 Å². The molecule has 1 amide bonds. The number of rotatable bonds is 3. The molecule has 94 valence electrons. The van der Waals surface area contributed by atoms with E-state index in [2.05, 4.69) is 5.32 Å². The second-order valence-electron chi connectivity index (χ2n) is 4.44. The van der Waals surface area contributed by atoms with E-state index < -0.39 is 0 Å². The van der Waals surface area contributed by atoms with Gasteiger partial charge >= 0.3 is 0 Å². The standard InChI is InChI=1S/C12H17ClN2OS/c1-15(8-10-4-5-11(13)17-10)12(16)9-3-2-6-14-7-9/h4-5,9,14H,2-3,6-8H2,1H3. The van der Waals surface area contributed by atoms with E-state index in [1.54, 1.807) is 4.90 Å². The number of hydrogen-bond donors (Lipinski definition) is 1. The van der Waals surface area contributed by atoms with E-state index in [0.29, 0.717) is 6.54 Å². The molecule has 2 heterocycles. The lowest BCUT2D eigenvalue weighted by Gasteiger charge is -2.26. The van der Waals surface area contributed by atoms with E-state index in [1.807, 2.05) is 19.2 Å². The first-order valence-corrected chi connectivity index (χ1v) is 7.06. The van der Waals surface area contributed by atoms with Crippen LogP contribution in [0.2, 0.25) is 4.34 Å². The maximum absolute atomic E-state index is 12.2. The molecular weight excluding hydrogens is 256 g/mol. The van der Waals surface area contributed by atoms with Crippen LogP contribution < -0.4 is 5.32 Å². The average molecular weight is 273 g/mol. The third kappa shape index (κ3) is 3.44. The minimum absolute atomic E-state index is 0.143. The smallest absolute Gasteiger partial charge is 0.227 e. The first-order valence-electron chi connectivity index (χ1n) is 5.86. The van der Waals surface area contributed by atoms with Crippen molar-refractivity contribution in [2.45, 2.75) is 19.4 Å². The van der Waals surface area contributed by atoms with Crippen LogP contribution in [0.5, 0.6) is 0 Å². The minimum Gasteiger partial charge on any atom is -0.340 e. The second-order valence-corrected chi connectivity index (χ2v) is 6.24. The van der Waals surface area contributed by atoms with Crippen LogP contribution in [0.1, 0.15) is 17.7 Å². The van der Waals surface area contributed by atoms with Crippen molar-refractivity contribution >= 4 is 28.8 Å². The molecule has 1 aliphatic heterocycles. The Hall–Kier alpha value is -0.580. The largest absolute Gasteiger partial charge is 0.340 e. The summed E-state index contributed by atoms with van der Waals surface area (Å²) < 4.78 is 0.778. The minimum atomic E-state index is 0.143. The molecule has 17 heavy (non-hydrogen) atoms. The van der Waals surface area contributed by atoms with Gasteiger partial charge in [0.15, 0.2) is 0 Å². The molecule has 1 unspecified atom stereocenters. The Balaban J connectivity index is 1.90. The van der Waals surface area contributed by atoms with Crippen LogP contribution in [0.25, 0.3) is 0 Å². The quantitative estimate of drug-likeness (QED) is 0.916. The van der Waals surface area contributed by atoms with Gasteiger partial charge in [-0.2, -0.15) is 0 Å². The molecule has 1 atom stereocenters. The Morgan fingerprint density at radius 2 is 2.47 bits per heavy atom. The Morgan fingerprint density at radius 3 is 3.06 bits per heavy atom. The number of nitrogens with one attached hydrogen (secondary N) is 1. The summed E-state index contributed by atoms with van der Waals surface area (Å²) in [4.78, 5) is 15.1. The Bertz CT molecular complexity index is 388. The molecule has 0 saturated carbocycles. The van der Waals surface area contributed by atoms with E-state index in [-0.39, 0.29) is 11.8 Å². The predicted octanol–water partition coefficient (Wildman–Crippen LogP) is 2.36. The van der Waals surface area contributed by atoms with Gasteiger partial charge in [-0.3, -0.25) is 4.79 Å². The summed E-state index contributed by atoms with van der Waals surface area (Å²) in [6, 6.07) is 3.86. The number of carbonyl (C=O) groups is 1. The van der Waals surface area contributed by atoms with Crippen LogP contribution in [0.15, 0.2) is 12.1 Å². The third-order valence-electron chi connectivity index (χ3n) is 3.04. The van der Waals surface area contributed by atoms with Gasteiger partial charge in [0.2, 0.25) is 5.91 Å². The number of carbonyl (C=O) groups excluding carboxylic acids is 1. The lowest BCUT2D eigenvalue weighted by atomic mass is 9.98. The maximum Gasteiger partial charge on any atom is 0.227 e. The zero-order valence-electron chi connectivity index (χ0n) is 9.91. The predicted molar refractivity (Wildman–Crippen MR) is 71.4 cm³/mol. The lowest BCUT2D eigenvalue weighted by molar-refractivity contribution is -0.135. The number of halogens is 1. The molecule has 0 radical (unpaired) electrons. The van der Waals surface area contributed by atoms with Crippen LogP contribution in [-0.2, 0) is 11.3 Å². The molecule has 2 rings (SSSR count). The van der Waals surface area contributed by atoms with Gasteiger partial charge in [-0.25, -0.2) is 0 Å². The summed E-state index contributed by atoms with van der Waals surface area (Å²) in [6.07, 6.45) is 2.09. The van der Waals surface area contributed by atoms with Crippen molar-refractivity contribution < 1.29 is 4.79 Å². The molecular formula is C12H17ClN2OS. The number of amides is 1. The van der Waals surface area contributed by atoms with Crippen LogP contribution in [0.4, 0.5) is 0 Å². The van der Waals surface area contributed by atoms with Gasteiger partial charge in [0, 0.05) is 18.5 Å². The summed E-state index contributed by atoms with van der Waals surface area (Å²) in [5.41, 5.74) is 0. The van der Waals surface area contributed by atoms with E-state index in [9.17, 15) is 4.79 Å². The summed E-state index contributed by atoms with van der Waals surface area (Å²) in [6.45, 7) is 2.51. The molecule has 0 spiro atoms. The first kappa shape index (κ1) is 12.9. The van der Waals surface area contributed by atoms with Gasteiger partial charge in [-0.15, -0.1) is 11.3 Å². The van der Waals surface area contributed by atoms with Crippen LogP contribution in [-0.4, -0.2) is 30.9 Å². The molecule has 1 saturated heterocycles. The van der Waals surface area contributed by atoms with Crippen molar-refractivity contribution in [2.24, 2.45) is 5.92 Å². The fraction of sp³-hybridized carbons (Fsp3) is 0.583. The van der Waals surface area contributed by atoms with Crippen molar-refractivity contribution in [3.8, 4) is 0 Å². The summed E-state index contributed by atoms with van der Waals surface area (Å²) >= 11 is 7.41. The van der Waals surface area contributed by atoms with Gasteiger partial charge in [-0.05, 0) is 31.5 Å². The topological polar surface area (TPSA) is 32.3 Å². The molecule has 1 aromatic heterocycles. The molecule has 0 aliphatic carbocycles. The van der Waals surface area contributed by atoms with Crippen molar-refractivity contribution in [2.75, 3.05) is 20.1 Å². The van der Waals surface area contributed by atoms with Gasteiger partial charge in [-0.1, -0.05) is 11.6 Å². The lowest BCUT2D eigenvalue weighted by Crippen LogP contribution is -2.41. The Kier molecular flexibility index (Phi) is 4.42. The van der Waals surface area contributed by atoms with Crippen molar-refractivity contribution in [1.29, 1.82) is 0 Å². The monoisotopic (exact) mass is 272 g/mol. The first-order chi connectivity index (χ1) is 8.16. The summed E-state index contributed by atoms with van der Waals surface area (Å²) in [5, 5.41) is 3.27. The van der Waals surface area contributed by atoms with Gasteiger partial charge in [0.05, 0.1) is 16.8 Å². The SMILES string of the molecule is CN(Cc1ccc(Cl)s1)C(=O)C1CCCNC1. The third-order valence-corrected chi connectivity index (χ3v) is 4.26. The van der Waals surface area contributed by atoms with E-state index in [1.165, 1.54) is 11.3 Å². The van der Waals surface area contributed by atoms with Crippen molar-refractivity contribution in [1.82, 2.24) is 10.2 Å². The van der Waals surface area contributed by atoms with E-state index >= 15 is 0 Å². The number of thiophene rings is 1. The van der Waals surface area contributed by atoms with Crippen LogP contribution in [0, 0.1) is 5.92 Å². The van der Waals surface area contributed by atoms with Gasteiger partial charge in [0.25, 0.3) is 0 Å². The average Bonchev–Trinajstić information content (AvgIpc) is 2.75. The fourth-order valence-electron chi connectivity index (χ4n) is 2.12. The molecule has 0 bridgehead atoms. The van der Waals surface area contributed by atoms with Crippen LogP contribution >= 0.6 is 22.9 Å². The normalized spacial score (nSPS) is 20.2. The molecule has 0 aromatic carbocycles. The molecule has 1 aromatic rings. The van der Waals surface area contributed by atoms with Crippen LogP contribution in [0.3, 0.4) is 0 Å². The molecule has 1 N–H and O–H groups in total. The highest BCUT2D eigenvalue weighted by Gasteiger charge is 2.23. The Labute approximate surface area is 111 Å². The zero-order valence-corrected chi connectivity index (χ0v) is 11.5. The summed E-state index contributed by atoms with van der Waals surface area (Å²) in [5.74, 6) is 0.380. The van der Waals surface area contributed by atoms with Gasteiger partial charge in [0.1, 0.15) is 0 Å². The molecule has 3 nitrogen and oxygen atoms in total. The summed E-state index contributed by atoms with van der Waals surface area (Å²) in [7, 11) is 1.87. The number of nitrogens with zero attached hydrogens (tertiary/aromatic N) is 1. The second kappa shape index (κ2) is 5.85. The maximum atomic E-state index is 12.2. The Morgan fingerprint density at radius 1 is 1.65 bits per heavy atom. The van der Waals surface area contributed by atoms with E-state index in [0.717, 1.165) is 35.1 Å². The zero-order chi connectivity index (χ0) is 12.3. The molecule has 5 heteroatoms. The number of piperidine rings is 1. The molecule has 1 aliphatic rings. The highest BCUT2D eigenvalue weighted by molar-refractivity contribution is 7.16. The highest BCUT2D eigenvalue weighted by atomic mass is 35.5. The van der Waals surface area contributed by atoms with E-state index in [4.69, 9.17) is 11.6 Å². The number of hydrogen-bond acceptors (Lipinski definition) is 3.